The number of thioether (sulfide) groups is 1. The van der Waals surface area contributed by atoms with Crippen LogP contribution in [0.15, 0.2) is 23.1 Å². The molecule has 1 aliphatic heterocycles. The first-order chi connectivity index (χ1) is 13.9. The van der Waals surface area contributed by atoms with E-state index in [4.69, 9.17) is 14.2 Å². The highest BCUT2D eigenvalue weighted by molar-refractivity contribution is 8.18. The maximum absolute atomic E-state index is 12.5. The fourth-order valence-electron chi connectivity index (χ4n) is 2.46. The molecule has 1 heterocycles. The average Bonchev–Trinajstić information content (AvgIpc) is 2.96. The van der Waals surface area contributed by atoms with Crippen molar-refractivity contribution in [3.63, 3.8) is 0 Å². The van der Waals surface area contributed by atoms with Gasteiger partial charge in [0, 0.05) is 0 Å². The normalized spacial score (nSPS) is 16.3. The number of nitrogens with zero attached hydrogens (tertiary/aromatic N) is 1. The number of rotatable bonds is 10. The topological polar surface area (TPSA) is 82.1 Å². The smallest absolute Gasteiger partial charge is 0.326 e. The molecule has 1 fully saturated rings. The fourth-order valence-corrected chi connectivity index (χ4v) is 3.30. The van der Waals surface area contributed by atoms with Gasteiger partial charge in [0.1, 0.15) is 6.54 Å². The number of ether oxygens (including phenoxy) is 3. The minimum absolute atomic E-state index is 0.0448. The summed E-state index contributed by atoms with van der Waals surface area (Å²) >= 11 is 0.798. The molecule has 0 aromatic heterocycles. The summed E-state index contributed by atoms with van der Waals surface area (Å²) in [6.07, 6.45) is 4.14. The molecule has 0 spiro atoms. The first kappa shape index (κ1) is 22.8. The van der Waals surface area contributed by atoms with Crippen LogP contribution in [0.2, 0.25) is 0 Å². The molecular formula is C21H27NO6S. The lowest BCUT2D eigenvalue weighted by Gasteiger charge is -2.15. The Hall–Kier alpha value is -2.48. The van der Waals surface area contributed by atoms with Gasteiger partial charge in [-0.2, -0.15) is 0 Å². The average molecular weight is 422 g/mol. The molecule has 0 N–H and O–H groups in total. The molecule has 158 valence electrons. The van der Waals surface area contributed by atoms with Crippen LogP contribution in [0.3, 0.4) is 0 Å². The largest absolute Gasteiger partial charge is 0.493 e. The summed E-state index contributed by atoms with van der Waals surface area (Å²) in [5.74, 6) is 0.0567. The molecule has 1 aromatic rings. The number of carbonyl (C=O) groups is 3. The summed E-state index contributed by atoms with van der Waals surface area (Å²) in [5, 5.41) is -0.489. The summed E-state index contributed by atoms with van der Waals surface area (Å²) in [7, 11) is 1.54. The molecule has 1 aromatic carbocycles. The first-order valence-electron chi connectivity index (χ1n) is 9.65. The zero-order valence-corrected chi connectivity index (χ0v) is 18.0. The zero-order chi connectivity index (χ0) is 21.4. The summed E-state index contributed by atoms with van der Waals surface area (Å²) in [6.45, 7) is 5.88. The number of benzene rings is 1. The van der Waals surface area contributed by atoms with E-state index in [2.05, 4.69) is 0 Å². The number of hydrogen-bond donors (Lipinski definition) is 0. The fraction of sp³-hybridized carbons (Fsp3) is 0.476. The van der Waals surface area contributed by atoms with Gasteiger partial charge in [-0.15, -0.1) is 0 Å². The lowest BCUT2D eigenvalue weighted by atomic mass is 10.1. The highest BCUT2D eigenvalue weighted by atomic mass is 32.2. The third kappa shape index (κ3) is 6.25. The molecular weight excluding hydrogens is 394 g/mol. The SMILES string of the molecule is CCCCOC(=O)CN1C(=O)S/C(=C\c2ccc(O[C@H](C)CC)c(OC)c2)C1=O. The van der Waals surface area contributed by atoms with E-state index in [-0.39, 0.29) is 24.2 Å². The van der Waals surface area contributed by atoms with Gasteiger partial charge >= 0.3 is 5.97 Å². The third-order valence-corrected chi connectivity index (χ3v) is 5.22. The van der Waals surface area contributed by atoms with Gasteiger partial charge < -0.3 is 14.2 Å². The van der Waals surface area contributed by atoms with Crippen molar-refractivity contribution in [2.75, 3.05) is 20.3 Å². The predicted molar refractivity (Wildman–Crippen MR) is 112 cm³/mol. The van der Waals surface area contributed by atoms with Crippen LogP contribution in [0.4, 0.5) is 4.79 Å². The molecule has 0 unspecified atom stereocenters. The van der Waals surface area contributed by atoms with Crippen LogP contribution in [0, 0.1) is 0 Å². The Morgan fingerprint density at radius 3 is 2.66 bits per heavy atom. The van der Waals surface area contributed by atoms with Crippen molar-refractivity contribution in [1.29, 1.82) is 0 Å². The molecule has 2 amide bonds. The molecule has 0 saturated carbocycles. The Morgan fingerprint density at radius 2 is 2.00 bits per heavy atom. The van der Waals surface area contributed by atoms with Crippen LogP contribution in [0.5, 0.6) is 11.5 Å². The number of imide groups is 1. The first-order valence-corrected chi connectivity index (χ1v) is 10.5. The minimum Gasteiger partial charge on any atom is -0.493 e. The molecule has 0 bridgehead atoms. The number of hydrogen-bond acceptors (Lipinski definition) is 7. The van der Waals surface area contributed by atoms with E-state index in [1.54, 1.807) is 31.4 Å². The highest BCUT2D eigenvalue weighted by Crippen LogP contribution is 2.34. The Balaban J connectivity index is 2.11. The van der Waals surface area contributed by atoms with Gasteiger partial charge in [0.15, 0.2) is 11.5 Å². The van der Waals surface area contributed by atoms with Crippen LogP contribution in [-0.2, 0) is 14.3 Å². The Labute approximate surface area is 175 Å². The molecule has 1 aliphatic rings. The number of amides is 2. The second kappa shape index (κ2) is 10.9. The van der Waals surface area contributed by atoms with Gasteiger partial charge in [0.2, 0.25) is 0 Å². The monoisotopic (exact) mass is 421 g/mol. The lowest BCUT2D eigenvalue weighted by molar-refractivity contribution is -0.146. The Morgan fingerprint density at radius 1 is 1.24 bits per heavy atom. The van der Waals surface area contributed by atoms with Crippen LogP contribution in [-0.4, -0.2) is 48.4 Å². The summed E-state index contributed by atoms with van der Waals surface area (Å²) in [4.78, 5) is 37.7. The zero-order valence-electron chi connectivity index (χ0n) is 17.2. The van der Waals surface area contributed by atoms with Crippen molar-refractivity contribution in [2.24, 2.45) is 0 Å². The number of carbonyl (C=O) groups excluding carboxylic acids is 3. The van der Waals surface area contributed by atoms with E-state index in [1.165, 1.54) is 0 Å². The van der Waals surface area contributed by atoms with Gasteiger partial charge in [0.25, 0.3) is 11.1 Å². The highest BCUT2D eigenvalue weighted by Gasteiger charge is 2.36. The summed E-state index contributed by atoms with van der Waals surface area (Å²) in [6, 6.07) is 5.30. The second-order valence-electron chi connectivity index (χ2n) is 6.59. The van der Waals surface area contributed by atoms with Crippen molar-refractivity contribution in [2.45, 2.75) is 46.1 Å². The van der Waals surface area contributed by atoms with E-state index >= 15 is 0 Å². The van der Waals surface area contributed by atoms with Crippen molar-refractivity contribution in [1.82, 2.24) is 4.90 Å². The Kier molecular flexibility index (Phi) is 8.57. The maximum Gasteiger partial charge on any atom is 0.326 e. The molecule has 2 rings (SSSR count). The van der Waals surface area contributed by atoms with E-state index < -0.39 is 17.1 Å². The van der Waals surface area contributed by atoms with E-state index in [0.29, 0.717) is 17.1 Å². The van der Waals surface area contributed by atoms with Crippen LogP contribution in [0.25, 0.3) is 6.08 Å². The molecule has 1 saturated heterocycles. The second-order valence-corrected chi connectivity index (χ2v) is 7.58. The number of esters is 1. The third-order valence-electron chi connectivity index (χ3n) is 4.31. The quantitative estimate of drug-likeness (QED) is 0.317. The van der Waals surface area contributed by atoms with Crippen molar-refractivity contribution in [3.05, 3.63) is 28.7 Å². The molecule has 1 atom stereocenters. The summed E-state index contributed by atoms with van der Waals surface area (Å²) in [5.41, 5.74) is 0.689. The van der Waals surface area contributed by atoms with Gasteiger partial charge in [-0.3, -0.25) is 19.3 Å². The van der Waals surface area contributed by atoms with Crippen LogP contribution >= 0.6 is 11.8 Å². The van der Waals surface area contributed by atoms with Gasteiger partial charge in [-0.05, 0) is 55.3 Å². The van der Waals surface area contributed by atoms with Crippen LogP contribution < -0.4 is 9.47 Å². The standard InChI is InChI=1S/C21H27NO6S/c1-5-7-10-27-19(23)13-22-20(24)18(29-21(22)25)12-15-8-9-16(17(11-15)26-4)28-14(3)6-2/h8-9,11-12,14H,5-7,10,13H2,1-4H3/b18-12-/t14-/m1/s1. The van der Waals surface area contributed by atoms with Gasteiger partial charge in [-0.1, -0.05) is 26.3 Å². The summed E-state index contributed by atoms with van der Waals surface area (Å²) < 4.78 is 16.2. The Bertz CT molecular complexity index is 791. The van der Waals surface area contributed by atoms with E-state index in [9.17, 15) is 14.4 Å². The van der Waals surface area contributed by atoms with Gasteiger partial charge in [0.05, 0.1) is 24.7 Å². The number of unbranched alkanes of at least 4 members (excludes halogenated alkanes) is 1. The van der Waals surface area contributed by atoms with Crippen molar-refractivity contribution < 1.29 is 28.6 Å². The molecule has 29 heavy (non-hydrogen) atoms. The number of methoxy groups -OCH3 is 1. The molecule has 0 aliphatic carbocycles. The predicted octanol–water partition coefficient (Wildman–Crippen LogP) is 4.25. The maximum atomic E-state index is 12.5. The van der Waals surface area contributed by atoms with Gasteiger partial charge in [-0.25, -0.2) is 0 Å². The van der Waals surface area contributed by atoms with Crippen molar-refractivity contribution in [3.8, 4) is 11.5 Å². The van der Waals surface area contributed by atoms with Crippen LogP contribution in [0.1, 0.15) is 45.6 Å². The van der Waals surface area contributed by atoms with Crippen molar-refractivity contribution >= 4 is 35.0 Å². The van der Waals surface area contributed by atoms with E-state index in [0.717, 1.165) is 35.9 Å². The molecule has 0 radical (unpaired) electrons. The van der Waals surface area contributed by atoms with E-state index in [1.807, 2.05) is 20.8 Å². The minimum atomic E-state index is -0.588. The molecule has 8 heteroatoms. The molecule has 7 nitrogen and oxygen atoms in total. The lowest BCUT2D eigenvalue weighted by Crippen LogP contribution is -2.34.